The lowest BCUT2D eigenvalue weighted by molar-refractivity contribution is 0.0743. The number of methoxy groups -OCH3 is 1. The number of rotatable bonds is 2. The van der Waals surface area contributed by atoms with Crippen LogP contribution in [0.1, 0.15) is 25.7 Å². The molecule has 2 atom stereocenters. The monoisotopic (exact) mass is 212 g/mol. The molecule has 0 N–H and O–H groups in total. The van der Waals surface area contributed by atoms with E-state index in [2.05, 4.69) is 0 Å². The summed E-state index contributed by atoms with van der Waals surface area (Å²) >= 11 is 0. The van der Waals surface area contributed by atoms with Crippen molar-refractivity contribution in [2.75, 3.05) is 7.11 Å². The van der Waals surface area contributed by atoms with E-state index in [1.807, 2.05) is 0 Å². The Balaban J connectivity index is 2.72. The molecule has 5 heteroatoms. The summed E-state index contributed by atoms with van der Waals surface area (Å²) in [6.07, 6.45) is 3.18. The molecule has 12 heavy (non-hydrogen) atoms. The number of halogens is 1. The van der Waals surface area contributed by atoms with Crippen molar-refractivity contribution in [1.29, 1.82) is 0 Å². The van der Waals surface area contributed by atoms with Gasteiger partial charge in [-0.25, -0.2) is 8.42 Å². The molecule has 1 saturated carbocycles. The normalized spacial score (nSPS) is 31.8. The van der Waals surface area contributed by atoms with Gasteiger partial charge in [0.1, 0.15) is 5.25 Å². The molecule has 0 saturated heterocycles. The topological polar surface area (TPSA) is 43.4 Å². The maximum atomic E-state index is 11.0. The zero-order valence-corrected chi connectivity index (χ0v) is 8.57. The van der Waals surface area contributed by atoms with Crippen molar-refractivity contribution in [3.63, 3.8) is 0 Å². The molecule has 0 aromatic rings. The van der Waals surface area contributed by atoms with Crippen molar-refractivity contribution in [3.8, 4) is 0 Å². The highest BCUT2D eigenvalue weighted by atomic mass is 35.7. The lowest BCUT2D eigenvalue weighted by Crippen LogP contribution is -2.35. The fourth-order valence-electron chi connectivity index (χ4n) is 1.65. The Kier molecular flexibility index (Phi) is 3.37. The standard InChI is InChI=1S/C7H13ClO3S/c1-11-6-4-2-3-5-7(6)12(8,9)10/h6-7H,2-5H2,1H3/t6-,7+/m1/s1. The first kappa shape index (κ1) is 10.3. The highest BCUT2D eigenvalue weighted by Gasteiger charge is 2.34. The molecule has 1 aliphatic rings. The van der Waals surface area contributed by atoms with Gasteiger partial charge in [0.25, 0.3) is 0 Å². The second-order valence-electron chi connectivity index (χ2n) is 3.07. The van der Waals surface area contributed by atoms with Gasteiger partial charge in [0.2, 0.25) is 9.05 Å². The van der Waals surface area contributed by atoms with Crippen LogP contribution in [0.3, 0.4) is 0 Å². The number of hydrogen-bond acceptors (Lipinski definition) is 3. The maximum Gasteiger partial charge on any atom is 0.238 e. The molecule has 72 valence electrons. The minimum atomic E-state index is -3.44. The van der Waals surface area contributed by atoms with Crippen molar-refractivity contribution in [2.45, 2.75) is 37.0 Å². The first-order chi connectivity index (χ1) is 5.55. The zero-order valence-electron chi connectivity index (χ0n) is 6.99. The Morgan fingerprint density at radius 1 is 1.33 bits per heavy atom. The summed E-state index contributed by atoms with van der Waals surface area (Å²) in [7, 11) is 3.37. The fourth-order valence-corrected chi connectivity index (χ4v) is 3.32. The summed E-state index contributed by atoms with van der Waals surface area (Å²) < 4.78 is 27.1. The average Bonchev–Trinajstić information content (AvgIpc) is 2.03. The predicted octanol–water partition coefficient (Wildman–Crippen LogP) is 1.51. The van der Waals surface area contributed by atoms with Gasteiger partial charge in [-0.1, -0.05) is 12.8 Å². The molecule has 0 radical (unpaired) electrons. The lowest BCUT2D eigenvalue weighted by Gasteiger charge is -2.27. The van der Waals surface area contributed by atoms with E-state index >= 15 is 0 Å². The van der Waals surface area contributed by atoms with Crippen LogP contribution in [0.4, 0.5) is 0 Å². The molecule has 3 nitrogen and oxygen atoms in total. The first-order valence-corrected chi connectivity index (χ1v) is 6.39. The molecule has 0 unspecified atom stereocenters. The van der Waals surface area contributed by atoms with E-state index in [-0.39, 0.29) is 6.10 Å². The van der Waals surface area contributed by atoms with Crippen LogP contribution in [0.25, 0.3) is 0 Å². The van der Waals surface area contributed by atoms with Gasteiger partial charge in [-0.3, -0.25) is 0 Å². The third-order valence-electron chi connectivity index (χ3n) is 2.31. The van der Waals surface area contributed by atoms with Crippen LogP contribution in [0, 0.1) is 0 Å². The molecule has 0 aromatic heterocycles. The van der Waals surface area contributed by atoms with Gasteiger partial charge < -0.3 is 4.74 Å². The SMILES string of the molecule is CO[C@@H]1CCCC[C@@H]1S(=O)(=O)Cl. The van der Waals surface area contributed by atoms with Crippen LogP contribution < -0.4 is 0 Å². The van der Waals surface area contributed by atoms with E-state index in [9.17, 15) is 8.42 Å². The molecule has 0 spiro atoms. The van der Waals surface area contributed by atoms with Crippen LogP contribution >= 0.6 is 10.7 Å². The molecule has 0 bridgehead atoms. The third kappa shape index (κ3) is 2.34. The largest absolute Gasteiger partial charge is 0.380 e. The highest BCUT2D eigenvalue weighted by Crippen LogP contribution is 2.28. The molecule has 0 heterocycles. The second-order valence-corrected chi connectivity index (χ2v) is 5.92. The van der Waals surface area contributed by atoms with Gasteiger partial charge in [0.15, 0.2) is 0 Å². The minimum absolute atomic E-state index is 0.207. The Morgan fingerprint density at radius 3 is 2.33 bits per heavy atom. The van der Waals surface area contributed by atoms with Gasteiger partial charge in [0, 0.05) is 17.8 Å². The van der Waals surface area contributed by atoms with Gasteiger partial charge in [-0.05, 0) is 12.8 Å². The fraction of sp³-hybridized carbons (Fsp3) is 1.00. The summed E-state index contributed by atoms with van der Waals surface area (Å²) in [6.45, 7) is 0. The average molecular weight is 213 g/mol. The van der Waals surface area contributed by atoms with E-state index < -0.39 is 14.3 Å². The van der Waals surface area contributed by atoms with Crippen LogP contribution in [-0.2, 0) is 13.8 Å². The molecule has 0 aliphatic heterocycles. The van der Waals surface area contributed by atoms with Crippen LogP contribution in [-0.4, -0.2) is 26.9 Å². The van der Waals surface area contributed by atoms with Gasteiger partial charge in [0.05, 0.1) is 6.10 Å². The summed E-state index contributed by atoms with van der Waals surface area (Å²) in [5.41, 5.74) is 0. The van der Waals surface area contributed by atoms with Crippen molar-refractivity contribution < 1.29 is 13.2 Å². The van der Waals surface area contributed by atoms with Crippen LogP contribution in [0.5, 0.6) is 0 Å². The quantitative estimate of drug-likeness (QED) is 0.652. The number of ether oxygens (including phenoxy) is 1. The van der Waals surface area contributed by atoms with E-state index in [1.54, 1.807) is 0 Å². The Morgan fingerprint density at radius 2 is 1.92 bits per heavy atom. The third-order valence-corrected chi connectivity index (χ3v) is 4.26. The summed E-state index contributed by atoms with van der Waals surface area (Å²) in [4.78, 5) is 0. The van der Waals surface area contributed by atoms with Crippen LogP contribution in [0.15, 0.2) is 0 Å². The van der Waals surface area contributed by atoms with E-state index in [1.165, 1.54) is 7.11 Å². The molecule has 1 aliphatic carbocycles. The van der Waals surface area contributed by atoms with Crippen molar-refractivity contribution in [1.82, 2.24) is 0 Å². The van der Waals surface area contributed by atoms with Crippen molar-refractivity contribution >= 4 is 19.7 Å². The molecular formula is C7H13ClO3S. The molecule has 1 fully saturated rings. The molecule has 0 aromatic carbocycles. The van der Waals surface area contributed by atoms with Gasteiger partial charge in [-0.15, -0.1) is 0 Å². The first-order valence-electron chi connectivity index (χ1n) is 4.02. The maximum absolute atomic E-state index is 11.0. The van der Waals surface area contributed by atoms with E-state index in [0.717, 1.165) is 19.3 Å². The Hall–Kier alpha value is 0.200. The highest BCUT2D eigenvalue weighted by molar-refractivity contribution is 8.14. The predicted molar refractivity (Wildman–Crippen MR) is 47.8 cm³/mol. The smallest absolute Gasteiger partial charge is 0.238 e. The minimum Gasteiger partial charge on any atom is -0.380 e. The zero-order chi connectivity index (χ0) is 9.19. The van der Waals surface area contributed by atoms with E-state index in [4.69, 9.17) is 15.4 Å². The van der Waals surface area contributed by atoms with Crippen molar-refractivity contribution in [2.24, 2.45) is 0 Å². The van der Waals surface area contributed by atoms with Gasteiger partial charge in [-0.2, -0.15) is 0 Å². The Bertz CT molecular complexity index is 237. The summed E-state index contributed by atoms with van der Waals surface area (Å²) in [5.74, 6) is 0. The van der Waals surface area contributed by atoms with Crippen molar-refractivity contribution in [3.05, 3.63) is 0 Å². The Labute approximate surface area is 77.5 Å². The van der Waals surface area contributed by atoms with Crippen LogP contribution in [0.2, 0.25) is 0 Å². The molecule has 0 amide bonds. The molecular weight excluding hydrogens is 200 g/mol. The summed E-state index contributed by atoms with van der Waals surface area (Å²) in [6, 6.07) is 0. The van der Waals surface area contributed by atoms with E-state index in [0.29, 0.717) is 6.42 Å². The summed E-state index contributed by atoms with van der Waals surface area (Å²) in [5, 5.41) is -0.502. The molecule has 1 rings (SSSR count). The van der Waals surface area contributed by atoms with Gasteiger partial charge >= 0.3 is 0 Å². The second kappa shape index (κ2) is 3.94. The lowest BCUT2D eigenvalue weighted by atomic mass is 9.97. The number of hydrogen-bond donors (Lipinski definition) is 0.